The van der Waals surface area contributed by atoms with Gasteiger partial charge >= 0.3 is 0 Å². The highest BCUT2D eigenvalue weighted by Gasteiger charge is 2.18. The number of hydrogen-bond acceptors (Lipinski definition) is 2. The van der Waals surface area contributed by atoms with Gasteiger partial charge in [0, 0.05) is 23.2 Å². The molecule has 3 aromatic rings. The second kappa shape index (κ2) is 5.15. The van der Waals surface area contributed by atoms with Gasteiger partial charge in [-0.05, 0) is 36.6 Å². The number of hydrogen-bond donors (Lipinski definition) is 0. The molecule has 2 aromatic heterocycles. The third-order valence-electron chi connectivity index (χ3n) is 4.26. The monoisotopic (exact) mass is 297 g/mol. The fourth-order valence-electron chi connectivity index (χ4n) is 3.19. The molecule has 4 heteroatoms. The predicted octanol–water partition coefficient (Wildman–Crippen LogP) is 4.04. The van der Waals surface area contributed by atoms with Crippen LogP contribution < -0.4 is 0 Å². The molecule has 1 aromatic carbocycles. The topological polar surface area (TPSA) is 30.7 Å². The Labute approximate surface area is 128 Å². The van der Waals surface area contributed by atoms with Gasteiger partial charge in [-0.15, -0.1) is 11.6 Å². The van der Waals surface area contributed by atoms with Crippen LogP contribution in [0, 0.1) is 0 Å². The van der Waals surface area contributed by atoms with Gasteiger partial charge in [0.2, 0.25) is 0 Å². The largest absolute Gasteiger partial charge is 0.287 e. The van der Waals surface area contributed by atoms with Crippen LogP contribution in [0.25, 0.3) is 16.6 Å². The van der Waals surface area contributed by atoms with Crippen molar-refractivity contribution >= 4 is 22.4 Å². The Morgan fingerprint density at radius 3 is 2.71 bits per heavy atom. The molecule has 3 nitrogen and oxygen atoms in total. The van der Waals surface area contributed by atoms with Crippen LogP contribution in [0.2, 0.25) is 0 Å². The highest BCUT2D eigenvalue weighted by atomic mass is 35.5. The third kappa shape index (κ3) is 2.04. The summed E-state index contributed by atoms with van der Waals surface area (Å²) in [5.74, 6) is 1.45. The first kappa shape index (κ1) is 12.8. The van der Waals surface area contributed by atoms with Crippen LogP contribution in [0.1, 0.15) is 29.8 Å². The number of alkyl halides is 1. The van der Waals surface area contributed by atoms with Crippen LogP contribution in [0.3, 0.4) is 0 Å². The van der Waals surface area contributed by atoms with E-state index in [4.69, 9.17) is 11.6 Å². The van der Waals surface area contributed by atoms with Gasteiger partial charge < -0.3 is 0 Å². The number of nitrogens with zero attached hydrogens (tertiary/aromatic N) is 3. The number of halogens is 1. The Kier molecular flexibility index (Phi) is 3.15. The number of aromatic nitrogens is 3. The zero-order valence-corrected chi connectivity index (χ0v) is 12.5. The van der Waals surface area contributed by atoms with Gasteiger partial charge in [-0.3, -0.25) is 4.57 Å². The summed E-state index contributed by atoms with van der Waals surface area (Å²) in [5.41, 5.74) is 3.62. The van der Waals surface area contributed by atoms with Gasteiger partial charge in [-0.2, -0.15) is 0 Å². The van der Waals surface area contributed by atoms with Crippen molar-refractivity contribution in [1.82, 2.24) is 14.5 Å². The maximum absolute atomic E-state index is 6.04. The molecule has 0 saturated carbocycles. The number of fused-ring (bicyclic) bond motifs is 2. The zero-order valence-electron chi connectivity index (χ0n) is 11.7. The standard InChI is InChI=1S/C17H16ClN3/c18-9-12-10-19-17(14-6-2-1-5-13(12)14)21-11-20-15-7-3-4-8-16(15)21/h1-2,5-6,10-11H,3-4,7-9H2. The first-order chi connectivity index (χ1) is 10.4. The molecule has 2 heterocycles. The first-order valence-electron chi connectivity index (χ1n) is 7.36. The Bertz CT molecular complexity index is 807. The van der Waals surface area contributed by atoms with E-state index < -0.39 is 0 Å². The highest BCUT2D eigenvalue weighted by molar-refractivity contribution is 6.18. The summed E-state index contributed by atoms with van der Waals surface area (Å²) in [5, 5.41) is 2.32. The van der Waals surface area contributed by atoms with Gasteiger partial charge in [0.15, 0.2) is 0 Å². The molecular weight excluding hydrogens is 282 g/mol. The molecule has 4 rings (SSSR count). The van der Waals surface area contributed by atoms with Crippen LogP contribution in [0.5, 0.6) is 0 Å². The van der Waals surface area contributed by atoms with E-state index in [1.165, 1.54) is 29.6 Å². The molecule has 0 N–H and O–H groups in total. The van der Waals surface area contributed by atoms with Crippen molar-refractivity contribution in [2.24, 2.45) is 0 Å². The molecule has 0 atom stereocenters. The summed E-state index contributed by atoms with van der Waals surface area (Å²) >= 11 is 6.04. The van der Waals surface area contributed by atoms with Crippen LogP contribution in [0.4, 0.5) is 0 Å². The molecular formula is C17H16ClN3. The lowest BCUT2D eigenvalue weighted by Crippen LogP contribution is -2.08. The average molecular weight is 298 g/mol. The van der Waals surface area contributed by atoms with E-state index in [9.17, 15) is 0 Å². The Morgan fingerprint density at radius 1 is 1.05 bits per heavy atom. The summed E-state index contributed by atoms with van der Waals surface area (Å²) in [6.45, 7) is 0. The van der Waals surface area contributed by atoms with Gasteiger partial charge in [-0.25, -0.2) is 9.97 Å². The van der Waals surface area contributed by atoms with E-state index in [0.717, 1.165) is 29.6 Å². The van der Waals surface area contributed by atoms with Crippen molar-refractivity contribution in [3.05, 3.63) is 53.7 Å². The van der Waals surface area contributed by atoms with E-state index in [-0.39, 0.29) is 0 Å². The SMILES string of the molecule is ClCc1cnc(-n2cnc3c2CCCC3)c2ccccc12. The molecule has 1 aliphatic carbocycles. The maximum Gasteiger partial charge on any atom is 0.145 e. The molecule has 0 radical (unpaired) electrons. The van der Waals surface area contributed by atoms with Crippen molar-refractivity contribution in [3.63, 3.8) is 0 Å². The normalized spacial score (nSPS) is 14.3. The number of benzene rings is 1. The number of imidazole rings is 1. The highest BCUT2D eigenvalue weighted by Crippen LogP contribution is 2.28. The van der Waals surface area contributed by atoms with Crippen molar-refractivity contribution in [2.45, 2.75) is 31.6 Å². The minimum Gasteiger partial charge on any atom is -0.287 e. The van der Waals surface area contributed by atoms with Crippen molar-refractivity contribution in [3.8, 4) is 5.82 Å². The van der Waals surface area contributed by atoms with Crippen molar-refractivity contribution in [2.75, 3.05) is 0 Å². The maximum atomic E-state index is 6.04. The molecule has 0 bridgehead atoms. The smallest absolute Gasteiger partial charge is 0.145 e. The molecule has 0 unspecified atom stereocenters. The lowest BCUT2D eigenvalue weighted by Gasteiger charge is -2.15. The van der Waals surface area contributed by atoms with Gasteiger partial charge in [-0.1, -0.05) is 24.3 Å². The van der Waals surface area contributed by atoms with Gasteiger partial charge in [0.1, 0.15) is 12.1 Å². The molecule has 0 fully saturated rings. The first-order valence-corrected chi connectivity index (χ1v) is 7.90. The summed E-state index contributed by atoms with van der Waals surface area (Å²) in [4.78, 5) is 9.25. The average Bonchev–Trinajstić information content (AvgIpc) is 2.98. The Hall–Kier alpha value is -1.87. The number of rotatable bonds is 2. The van der Waals surface area contributed by atoms with Crippen molar-refractivity contribution < 1.29 is 0 Å². The second-order valence-electron chi connectivity index (χ2n) is 5.50. The van der Waals surface area contributed by atoms with Gasteiger partial charge in [0.25, 0.3) is 0 Å². The number of aryl methyl sites for hydroxylation is 1. The molecule has 0 amide bonds. The van der Waals surface area contributed by atoms with Crippen LogP contribution >= 0.6 is 11.6 Å². The lowest BCUT2D eigenvalue weighted by molar-refractivity contribution is 0.654. The van der Waals surface area contributed by atoms with E-state index in [2.05, 4.69) is 32.7 Å². The number of pyridine rings is 1. The summed E-state index contributed by atoms with van der Waals surface area (Å²) in [6, 6.07) is 8.32. The quantitative estimate of drug-likeness (QED) is 0.668. The molecule has 106 valence electrons. The molecule has 0 saturated heterocycles. The van der Waals surface area contributed by atoms with Crippen LogP contribution in [-0.2, 0) is 18.7 Å². The Balaban J connectivity index is 1.97. The van der Waals surface area contributed by atoms with E-state index in [0.29, 0.717) is 5.88 Å². The predicted molar refractivity (Wildman–Crippen MR) is 85.1 cm³/mol. The molecule has 21 heavy (non-hydrogen) atoms. The lowest BCUT2D eigenvalue weighted by atomic mass is 10.0. The summed E-state index contributed by atoms with van der Waals surface area (Å²) < 4.78 is 2.16. The van der Waals surface area contributed by atoms with Crippen molar-refractivity contribution in [1.29, 1.82) is 0 Å². The van der Waals surface area contributed by atoms with Crippen LogP contribution in [0.15, 0.2) is 36.8 Å². The zero-order chi connectivity index (χ0) is 14.2. The van der Waals surface area contributed by atoms with Crippen LogP contribution in [-0.4, -0.2) is 14.5 Å². The minimum absolute atomic E-state index is 0.482. The van der Waals surface area contributed by atoms with E-state index in [1.54, 1.807) is 0 Å². The summed E-state index contributed by atoms with van der Waals surface area (Å²) in [7, 11) is 0. The second-order valence-corrected chi connectivity index (χ2v) is 5.77. The fraction of sp³-hybridized carbons (Fsp3) is 0.294. The molecule has 1 aliphatic rings. The van der Waals surface area contributed by atoms with Gasteiger partial charge in [0.05, 0.1) is 5.69 Å². The molecule has 0 aliphatic heterocycles. The van der Waals surface area contributed by atoms with E-state index in [1.807, 2.05) is 18.6 Å². The van der Waals surface area contributed by atoms with E-state index >= 15 is 0 Å². The minimum atomic E-state index is 0.482. The fourth-order valence-corrected chi connectivity index (χ4v) is 3.40. The Morgan fingerprint density at radius 2 is 1.86 bits per heavy atom. The third-order valence-corrected chi connectivity index (χ3v) is 4.55. The molecule has 0 spiro atoms. The summed E-state index contributed by atoms with van der Waals surface area (Å²) in [6.07, 6.45) is 8.45.